The van der Waals surface area contributed by atoms with Crippen LogP contribution in [-0.2, 0) is 22.2 Å². The number of rotatable bonds is 7. The second-order valence-electron chi connectivity index (χ2n) is 5.83. The Labute approximate surface area is 149 Å². The Balaban J connectivity index is 2.84. The molecule has 0 saturated carbocycles. The molecular formula is C16H20BF3N2O4. The molecule has 0 fully saturated rings. The van der Waals surface area contributed by atoms with Gasteiger partial charge in [0.15, 0.2) is 0 Å². The number of halogens is 3. The molecule has 1 aromatic carbocycles. The van der Waals surface area contributed by atoms with Gasteiger partial charge in [-0.1, -0.05) is 12.6 Å². The summed E-state index contributed by atoms with van der Waals surface area (Å²) in [6.07, 6.45) is -3.54. The van der Waals surface area contributed by atoms with Crippen LogP contribution in [0.15, 0.2) is 30.9 Å². The lowest BCUT2D eigenvalue weighted by molar-refractivity contribution is -0.137. The Hall–Kier alpha value is -2.33. The van der Waals surface area contributed by atoms with Crippen LogP contribution in [0.1, 0.15) is 16.7 Å². The largest absolute Gasteiger partial charge is 0.475 e. The Bertz CT molecular complexity index is 680. The highest BCUT2D eigenvalue weighted by atomic mass is 19.4. The zero-order chi connectivity index (χ0) is 20.1. The molecule has 0 aliphatic heterocycles. The quantitative estimate of drug-likeness (QED) is 0.486. The molecule has 0 radical (unpaired) electrons. The van der Waals surface area contributed by atoms with E-state index < -0.39 is 36.6 Å². The van der Waals surface area contributed by atoms with Crippen molar-refractivity contribution >= 4 is 18.9 Å². The number of likely N-dealkylation sites (N-methyl/N-ethyl adjacent to an activating group) is 1. The van der Waals surface area contributed by atoms with Gasteiger partial charge in [-0.15, -0.1) is 0 Å². The van der Waals surface area contributed by atoms with E-state index in [2.05, 4.69) is 11.9 Å². The van der Waals surface area contributed by atoms with Gasteiger partial charge in [-0.05, 0) is 42.7 Å². The number of nitrogens with one attached hydrogen (secondary N) is 1. The summed E-state index contributed by atoms with van der Waals surface area (Å²) in [6.45, 7) is 4.41. The van der Waals surface area contributed by atoms with E-state index in [4.69, 9.17) is 0 Å². The van der Waals surface area contributed by atoms with Crippen LogP contribution in [0, 0.1) is 6.92 Å². The molecule has 0 heterocycles. The standard InChI is InChI=1S/C16H20BF3N2O4/c1-4-15(24)22(3)9-14(23)21-13(17(25)26)8-11-5-6-12(7-10(11)2)16(18,19)20/h4-7,13,25-26H,1,8-9H2,2-3H3,(H,21,23)/t13-/m0/s1. The van der Waals surface area contributed by atoms with Crippen molar-refractivity contribution in [3.8, 4) is 0 Å². The highest BCUT2D eigenvalue weighted by Gasteiger charge is 2.31. The average Bonchev–Trinajstić information content (AvgIpc) is 2.53. The molecule has 3 N–H and O–H groups in total. The van der Waals surface area contributed by atoms with Crippen LogP contribution in [0.3, 0.4) is 0 Å². The van der Waals surface area contributed by atoms with Crippen molar-refractivity contribution in [2.75, 3.05) is 13.6 Å². The van der Waals surface area contributed by atoms with E-state index in [1.807, 2.05) is 0 Å². The lowest BCUT2D eigenvalue weighted by atomic mass is 9.75. The van der Waals surface area contributed by atoms with E-state index in [0.29, 0.717) is 11.1 Å². The van der Waals surface area contributed by atoms with Crippen molar-refractivity contribution in [1.29, 1.82) is 0 Å². The molecule has 0 saturated heterocycles. The van der Waals surface area contributed by atoms with E-state index in [1.165, 1.54) is 20.0 Å². The van der Waals surface area contributed by atoms with E-state index >= 15 is 0 Å². The average molecular weight is 372 g/mol. The van der Waals surface area contributed by atoms with Crippen LogP contribution in [0.4, 0.5) is 13.2 Å². The van der Waals surface area contributed by atoms with Gasteiger partial charge in [0, 0.05) is 7.05 Å². The minimum Gasteiger partial charge on any atom is -0.426 e. The third-order valence-corrected chi connectivity index (χ3v) is 3.75. The molecule has 0 bridgehead atoms. The Morgan fingerprint density at radius 3 is 2.46 bits per heavy atom. The first-order chi connectivity index (χ1) is 12.0. The summed E-state index contributed by atoms with van der Waals surface area (Å²) in [5.41, 5.74) is -0.0842. The first-order valence-corrected chi connectivity index (χ1v) is 7.65. The van der Waals surface area contributed by atoms with Crippen LogP contribution in [0.5, 0.6) is 0 Å². The van der Waals surface area contributed by atoms with E-state index in [9.17, 15) is 32.8 Å². The van der Waals surface area contributed by atoms with Crippen molar-refractivity contribution in [1.82, 2.24) is 10.2 Å². The van der Waals surface area contributed by atoms with Crippen LogP contribution in [0.25, 0.3) is 0 Å². The summed E-state index contributed by atoms with van der Waals surface area (Å²) >= 11 is 0. The van der Waals surface area contributed by atoms with Crippen molar-refractivity contribution in [2.24, 2.45) is 0 Å². The molecule has 1 rings (SSSR count). The van der Waals surface area contributed by atoms with Crippen LogP contribution in [0.2, 0.25) is 0 Å². The van der Waals surface area contributed by atoms with Crippen LogP contribution < -0.4 is 5.32 Å². The zero-order valence-electron chi connectivity index (χ0n) is 14.4. The van der Waals surface area contributed by atoms with E-state index in [1.54, 1.807) is 0 Å². The molecule has 0 aromatic heterocycles. The summed E-state index contributed by atoms with van der Waals surface area (Å²) in [6, 6.07) is 3.07. The van der Waals surface area contributed by atoms with Gasteiger partial charge in [0.1, 0.15) is 0 Å². The maximum Gasteiger partial charge on any atom is 0.475 e. The number of carbonyl (C=O) groups excluding carboxylic acids is 2. The van der Waals surface area contributed by atoms with Gasteiger partial charge in [0.25, 0.3) is 0 Å². The fraction of sp³-hybridized carbons (Fsp3) is 0.375. The third-order valence-electron chi connectivity index (χ3n) is 3.75. The molecule has 0 spiro atoms. The fourth-order valence-electron chi connectivity index (χ4n) is 2.27. The Kier molecular flexibility index (Phi) is 7.40. The fourth-order valence-corrected chi connectivity index (χ4v) is 2.27. The molecule has 142 valence electrons. The Morgan fingerprint density at radius 2 is 2.00 bits per heavy atom. The molecule has 0 aliphatic carbocycles. The smallest absolute Gasteiger partial charge is 0.426 e. The van der Waals surface area contributed by atoms with Gasteiger partial charge in [0.2, 0.25) is 11.8 Å². The minimum atomic E-state index is -4.48. The summed E-state index contributed by atoms with van der Waals surface area (Å²) in [5.74, 6) is -2.28. The molecule has 0 unspecified atom stereocenters. The third kappa shape index (κ3) is 6.19. The number of alkyl halides is 3. The monoisotopic (exact) mass is 372 g/mol. The lowest BCUT2D eigenvalue weighted by Gasteiger charge is -2.21. The molecule has 1 atom stereocenters. The highest BCUT2D eigenvalue weighted by Crippen LogP contribution is 2.30. The van der Waals surface area contributed by atoms with Gasteiger partial charge >= 0.3 is 13.3 Å². The number of hydrogen-bond acceptors (Lipinski definition) is 4. The normalized spacial score (nSPS) is 12.3. The molecule has 2 amide bonds. The second-order valence-corrected chi connectivity index (χ2v) is 5.83. The molecule has 26 heavy (non-hydrogen) atoms. The maximum atomic E-state index is 12.7. The summed E-state index contributed by atoms with van der Waals surface area (Å²) in [4.78, 5) is 24.4. The molecule has 0 aliphatic rings. The number of aryl methyl sites for hydroxylation is 1. The number of hydrogen-bond donors (Lipinski definition) is 3. The highest BCUT2D eigenvalue weighted by molar-refractivity contribution is 6.43. The van der Waals surface area contributed by atoms with Gasteiger partial charge in [0.05, 0.1) is 18.0 Å². The van der Waals surface area contributed by atoms with Crippen molar-refractivity contribution in [3.63, 3.8) is 0 Å². The zero-order valence-corrected chi connectivity index (χ0v) is 14.4. The van der Waals surface area contributed by atoms with Crippen molar-refractivity contribution in [3.05, 3.63) is 47.5 Å². The lowest BCUT2D eigenvalue weighted by Crippen LogP contribution is -2.50. The van der Waals surface area contributed by atoms with Gasteiger partial charge in [-0.25, -0.2) is 0 Å². The van der Waals surface area contributed by atoms with Crippen molar-refractivity contribution < 1.29 is 32.8 Å². The number of nitrogens with zero attached hydrogens (tertiary/aromatic N) is 1. The SMILES string of the molecule is C=CC(=O)N(C)CC(=O)N[C@@H](Cc1ccc(C(F)(F)F)cc1C)B(O)O. The predicted molar refractivity (Wildman–Crippen MR) is 89.8 cm³/mol. The summed E-state index contributed by atoms with van der Waals surface area (Å²) in [5, 5.41) is 21.3. The number of amides is 2. The number of benzene rings is 1. The first-order valence-electron chi connectivity index (χ1n) is 7.65. The molecule has 6 nitrogen and oxygen atoms in total. The molecular weight excluding hydrogens is 352 g/mol. The van der Waals surface area contributed by atoms with Gasteiger partial charge < -0.3 is 20.3 Å². The predicted octanol–water partition coefficient (Wildman–Crippen LogP) is 0.698. The first kappa shape index (κ1) is 21.7. The van der Waals surface area contributed by atoms with E-state index in [-0.39, 0.29) is 13.0 Å². The van der Waals surface area contributed by atoms with Crippen LogP contribution in [-0.4, -0.2) is 53.4 Å². The maximum absolute atomic E-state index is 12.7. The number of carbonyl (C=O) groups is 2. The second kappa shape index (κ2) is 8.86. The minimum absolute atomic E-state index is 0.0908. The van der Waals surface area contributed by atoms with E-state index in [0.717, 1.165) is 23.1 Å². The van der Waals surface area contributed by atoms with Crippen LogP contribution >= 0.6 is 0 Å². The summed E-state index contributed by atoms with van der Waals surface area (Å²) < 4.78 is 38.1. The molecule has 1 aromatic rings. The molecule has 10 heteroatoms. The van der Waals surface area contributed by atoms with Gasteiger partial charge in [-0.2, -0.15) is 13.2 Å². The van der Waals surface area contributed by atoms with Gasteiger partial charge in [-0.3, -0.25) is 9.59 Å². The topological polar surface area (TPSA) is 89.9 Å². The van der Waals surface area contributed by atoms with Crippen molar-refractivity contribution in [2.45, 2.75) is 25.5 Å². The summed E-state index contributed by atoms with van der Waals surface area (Å²) in [7, 11) is -0.561. The Morgan fingerprint density at radius 1 is 1.38 bits per heavy atom.